The van der Waals surface area contributed by atoms with E-state index in [1.165, 1.54) is 17.8 Å². The standard InChI is InChI=1S/C24H24FNO2/c1-24(2)14-20-23(16-6-4-3-5-7-16)22(17-8-10-18(25)11-9-17)19(26(20)15-24)12-13-21(27)28/h3-11H,12-15H2,1-2H3,(H,27,28). The number of carbonyl (C=O) groups is 1. The lowest BCUT2D eigenvalue weighted by Gasteiger charge is -2.19. The Bertz CT molecular complexity index is 1020. The number of aliphatic carboxylic acids is 1. The molecule has 0 fully saturated rings. The average molecular weight is 377 g/mol. The number of hydrogen-bond acceptors (Lipinski definition) is 1. The molecule has 0 radical (unpaired) electrons. The zero-order chi connectivity index (χ0) is 19.9. The number of hydrogen-bond donors (Lipinski definition) is 1. The fraction of sp³-hybridized carbons (Fsp3) is 0.292. The number of carboxylic acids is 1. The quantitative estimate of drug-likeness (QED) is 0.632. The van der Waals surface area contributed by atoms with E-state index in [0.717, 1.165) is 40.9 Å². The summed E-state index contributed by atoms with van der Waals surface area (Å²) in [5, 5.41) is 9.29. The zero-order valence-electron chi connectivity index (χ0n) is 16.2. The molecule has 0 unspecified atom stereocenters. The van der Waals surface area contributed by atoms with Gasteiger partial charge >= 0.3 is 5.97 Å². The normalized spacial score (nSPS) is 14.8. The summed E-state index contributed by atoms with van der Waals surface area (Å²) in [6, 6.07) is 16.7. The molecule has 0 bridgehead atoms. The van der Waals surface area contributed by atoms with Crippen molar-refractivity contribution in [1.29, 1.82) is 0 Å². The van der Waals surface area contributed by atoms with Gasteiger partial charge in [0, 0.05) is 29.1 Å². The van der Waals surface area contributed by atoms with Crippen molar-refractivity contribution in [3.8, 4) is 22.3 Å². The van der Waals surface area contributed by atoms with E-state index >= 15 is 0 Å². The molecule has 4 rings (SSSR count). The highest BCUT2D eigenvalue weighted by Gasteiger charge is 2.35. The number of aromatic nitrogens is 1. The van der Waals surface area contributed by atoms with Gasteiger partial charge in [0.25, 0.3) is 0 Å². The van der Waals surface area contributed by atoms with Crippen LogP contribution in [0.3, 0.4) is 0 Å². The summed E-state index contributed by atoms with van der Waals surface area (Å²) in [5.74, 6) is -1.08. The first-order valence-corrected chi connectivity index (χ1v) is 9.63. The number of carboxylic acid groups (broad SMARTS) is 1. The van der Waals surface area contributed by atoms with Crippen LogP contribution in [-0.4, -0.2) is 15.6 Å². The first kappa shape index (κ1) is 18.5. The lowest BCUT2D eigenvalue weighted by molar-refractivity contribution is -0.136. The number of fused-ring (bicyclic) bond motifs is 1. The maximum Gasteiger partial charge on any atom is 0.303 e. The highest BCUT2D eigenvalue weighted by molar-refractivity contribution is 5.88. The predicted molar refractivity (Wildman–Crippen MR) is 109 cm³/mol. The van der Waals surface area contributed by atoms with E-state index in [1.807, 2.05) is 18.2 Å². The minimum Gasteiger partial charge on any atom is -0.481 e. The maximum absolute atomic E-state index is 13.6. The Morgan fingerprint density at radius 2 is 1.68 bits per heavy atom. The van der Waals surface area contributed by atoms with Crippen molar-refractivity contribution in [2.75, 3.05) is 0 Å². The molecule has 1 aliphatic heterocycles. The van der Waals surface area contributed by atoms with E-state index in [9.17, 15) is 14.3 Å². The third-order valence-corrected chi connectivity index (χ3v) is 5.48. The molecule has 2 heterocycles. The van der Waals surface area contributed by atoms with E-state index in [2.05, 4.69) is 30.5 Å². The molecule has 0 spiro atoms. The summed E-state index contributed by atoms with van der Waals surface area (Å²) in [5.41, 5.74) is 6.64. The van der Waals surface area contributed by atoms with E-state index in [1.54, 1.807) is 12.1 Å². The maximum atomic E-state index is 13.6. The summed E-state index contributed by atoms with van der Waals surface area (Å²) < 4.78 is 15.9. The van der Waals surface area contributed by atoms with Crippen molar-refractivity contribution in [2.24, 2.45) is 5.41 Å². The topological polar surface area (TPSA) is 42.2 Å². The van der Waals surface area contributed by atoms with Crippen LogP contribution in [-0.2, 0) is 24.2 Å². The third kappa shape index (κ3) is 3.35. The van der Waals surface area contributed by atoms with Crippen molar-refractivity contribution < 1.29 is 14.3 Å². The monoisotopic (exact) mass is 377 g/mol. The van der Waals surface area contributed by atoms with Crippen LogP contribution in [0.15, 0.2) is 54.6 Å². The molecular weight excluding hydrogens is 353 g/mol. The van der Waals surface area contributed by atoms with Crippen LogP contribution >= 0.6 is 0 Å². The first-order chi connectivity index (χ1) is 13.4. The van der Waals surface area contributed by atoms with E-state index in [-0.39, 0.29) is 17.7 Å². The number of halogens is 1. The molecular formula is C24H24FNO2. The smallest absolute Gasteiger partial charge is 0.303 e. The summed E-state index contributed by atoms with van der Waals surface area (Å²) in [4.78, 5) is 11.3. The Hall–Kier alpha value is -2.88. The van der Waals surface area contributed by atoms with Crippen LogP contribution in [0.5, 0.6) is 0 Å². The van der Waals surface area contributed by atoms with Gasteiger partial charge in [-0.1, -0.05) is 56.3 Å². The van der Waals surface area contributed by atoms with E-state index < -0.39 is 5.97 Å². The van der Waals surface area contributed by atoms with Crippen LogP contribution in [0, 0.1) is 11.2 Å². The molecule has 1 N–H and O–H groups in total. The molecule has 0 saturated carbocycles. The Morgan fingerprint density at radius 1 is 1.04 bits per heavy atom. The Kier molecular flexibility index (Phi) is 4.58. The highest BCUT2D eigenvalue weighted by Crippen LogP contribution is 2.47. The molecule has 0 saturated heterocycles. The Balaban J connectivity index is 1.99. The molecule has 2 aromatic carbocycles. The first-order valence-electron chi connectivity index (χ1n) is 9.63. The number of benzene rings is 2. The fourth-order valence-corrected chi connectivity index (χ4v) is 4.36. The van der Waals surface area contributed by atoms with Crippen molar-refractivity contribution in [3.05, 3.63) is 71.8 Å². The lowest BCUT2D eigenvalue weighted by Crippen LogP contribution is -2.14. The molecule has 4 heteroatoms. The van der Waals surface area contributed by atoms with Crippen LogP contribution in [0.25, 0.3) is 22.3 Å². The van der Waals surface area contributed by atoms with Crippen LogP contribution in [0.4, 0.5) is 4.39 Å². The minimum atomic E-state index is -0.806. The van der Waals surface area contributed by atoms with Gasteiger partial charge in [0.1, 0.15) is 5.82 Å². The summed E-state index contributed by atoms with van der Waals surface area (Å²) >= 11 is 0. The Morgan fingerprint density at radius 3 is 2.32 bits per heavy atom. The van der Waals surface area contributed by atoms with Gasteiger partial charge in [-0.25, -0.2) is 4.39 Å². The average Bonchev–Trinajstić information content (AvgIpc) is 3.11. The fourth-order valence-electron chi connectivity index (χ4n) is 4.36. The molecule has 0 amide bonds. The van der Waals surface area contributed by atoms with Gasteiger partial charge in [-0.15, -0.1) is 0 Å². The minimum absolute atomic E-state index is 0.0757. The predicted octanol–water partition coefficient (Wildman–Crippen LogP) is 5.56. The van der Waals surface area contributed by atoms with Crippen molar-refractivity contribution in [2.45, 2.75) is 39.7 Å². The van der Waals surface area contributed by atoms with Gasteiger partial charge in [-0.3, -0.25) is 4.79 Å². The number of nitrogens with zero attached hydrogens (tertiary/aromatic N) is 1. The van der Waals surface area contributed by atoms with Gasteiger partial charge in [-0.05, 0) is 41.5 Å². The second kappa shape index (κ2) is 6.93. The van der Waals surface area contributed by atoms with Crippen LogP contribution in [0.1, 0.15) is 31.7 Å². The molecule has 28 heavy (non-hydrogen) atoms. The van der Waals surface area contributed by atoms with Crippen molar-refractivity contribution >= 4 is 5.97 Å². The lowest BCUT2D eigenvalue weighted by atomic mass is 9.86. The van der Waals surface area contributed by atoms with Crippen molar-refractivity contribution in [1.82, 2.24) is 4.57 Å². The summed E-state index contributed by atoms with van der Waals surface area (Å²) in [6.45, 7) is 5.35. The second-order valence-corrected chi connectivity index (χ2v) is 8.34. The van der Waals surface area contributed by atoms with Gasteiger partial charge in [0.15, 0.2) is 0 Å². The van der Waals surface area contributed by atoms with Gasteiger partial charge < -0.3 is 9.67 Å². The zero-order valence-corrected chi connectivity index (χ0v) is 16.2. The molecule has 1 aliphatic rings. The summed E-state index contributed by atoms with van der Waals surface area (Å²) in [7, 11) is 0. The highest BCUT2D eigenvalue weighted by atomic mass is 19.1. The molecule has 1 aromatic heterocycles. The van der Waals surface area contributed by atoms with E-state index in [4.69, 9.17) is 0 Å². The van der Waals surface area contributed by atoms with Gasteiger partial charge in [0.2, 0.25) is 0 Å². The van der Waals surface area contributed by atoms with E-state index in [0.29, 0.717) is 6.42 Å². The molecule has 0 aliphatic carbocycles. The van der Waals surface area contributed by atoms with Gasteiger partial charge in [0.05, 0.1) is 6.42 Å². The molecule has 144 valence electrons. The SMILES string of the molecule is CC1(C)Cc2c(-c3ccccc3)c(-c3ccc(F)cc3)c(CCC(=O)O)n2C1. The molecule has 0 atom stereocenters. The van der Waals surface area contributed by atoms with Gasteiger partial charge in [-0.2, -0.15) is 0 Å². The summed E-state index contributed by atoms with van der Waals surface area (Å²) in [6.07, 6.45) is 1.46. The molecule has 3 nitrogen and oxygen atoms in total. The van der Waals surface area contributed by atoms with Crippen LogP contribution < -0.4 is 0 Å². The van der Waals surface area contributed by atoms with Crippen LogP contribution in [0.2, 0.25) is 0 Å². The third-order valence-electron chi connectivity index (χ3n) is 5.48. The number of rotatable bonds is 5. The Labute approximate surface area is 164 Å². The second-order valence-electron chi connectivity index (χ2n) is 8.34. The largest absolute Gasteiger partial charge is 0.481 e. The molecule has 3 aromatic rings. The van der Waals surface area contributed by atoms with Crippen molar-refractivity contribution in [3.63, 3.8) is 0 Å².